The van der Waals surface area contributed by atoms with Gasteiger partial charge in [0.2, 0.25) is 6.79 Å². The zero-order valence-corrected chi connectivity index (χ0v) is 11.6. The molecule has 2 aliphatic heterocycles. The summed E-state index contributed by atoms with van der Waals surface area (Å²) >= 11 is 0. The van der Waals surface area contributed by atoms with Crippen LogP contribution in [0.2, 0.25) is 0 Å². The number of benzene rings is 1. The fourth-order valence-corrected chi connectivity index (χ4v) is 3.38. The van der Waals surface area contributed by atoms with Gasteiger partial charge in [0.15, 0.2) is 11.5 Å². The van der Waals surface area contributed by atoms with Crippen LogP contribution in [0.4, 0.5) is 0 Å². The van der Waals surface area contributed by atoms with Crippen LogP contribution in [0.15, 0.2) is 18.2 Å². The Bertz CT molecular complexity index is 509. The molecule has 1 fully saturated rings. The first-order valence-corrected chi connectivity index (χ1v) is 7.16. The summed E-state index contributed by atoms with van der Waals surface area (Å²) in [5, 5.41) is 0. The predicted octanol–water partition coefficient (Wildman–Crippen LogP) is 2.23. The van der Waals surface area contributed by atoms with E-state index in [0.29, 0.717) is 6.79 Å². The monoisotopic (exact) mass is 267 g/mol. The molecule has 3 rings (SSSR count). The highest BCUT2D eigenvalue weighted by atomic mass is 32.2. The normalized spacial score (nSPS) is 27.1. The molecule has 0 amide bonds. The SMILES string of the molecule is CC(C)(C)[S@](=O)N1C[C@H]1c1ccc2c(c1)OCO2. The molecule has 2 aliphatic rings. The van der Waals surface area contributed by atoms with Crippen LogP contribution < -0.4 is 9.47 Å². The zero-order chi connectivity index (χ0) is 12.9. The van der Waals surface area contributed by atoms with Crippen molar-refractivity contribution in [2.45, 2.75) is 31.6 Å². The van der Waals surface area contributed by atoms with Crippen LogP contribution in [0.5, 0.6) is 11.5 Å². The van der Waals surface area contributed by atoms with Crippen LogP contribution in [0.1, 0.15) is 32.4 Å². The van der Waals surface area contributed by atoms with Crippen LogP contribution in [0.25, 0.3) is 0 Å². The number of nitrogens with zero attached hydrogens (tertiary/aromatic N) is 1. The van der Waals surface area contributed by atoms with Gasteiger partial charge in [-0.2, -0.15) is 0 Å². The fourth-order valence-electron chi connectivity index (χ4n) is 2.05. The van der Waals surface area contributed by atoms with E-state index in [1.807, 2.05) is 43.3 Å². The number of ether oxygens (including phenoxy) is 2. The Morgan fingerprint density at radius 1 is 1.28 bits per heavy atom. The van der Waals surface area contributed by atoms with Gasteiger partial charge in [0.25, 0.3) is 0 Å². The van der Waals surface area contributed by atoms with Gasteiger partial charge in [0.05, 0.1) is 10.8 Å². The Labute approximate surface area is 109 Å². The molecule has 0 radical (unpaired) electrons. The van der Waals surface area contributed by atoms with E-state index in [1.54, 1.807) is 0 Å². The highest BCUT2D eigenvalue weighted by molar-refractivity contribution is 7.84. The maximum atomic E-state index is 12.2. The van der Waals surface area contributed by atoms with E-state index in [9.17, 15) is 4.21 Å². The minimum absolute atomic E-state index is 0.203. The molecule has 1 aromatic carbocycles. The molecule has 1 unspecified atom stereocenters. The van der Waals surface area contributed by atoms with Gasteiger partial charge in [-0.1, -0.05) is 6.07 Å². The first-order chi connectivity index (χ1) is 8.47. The molecule has 0 bridgehead atoms. The fraction of sp³-hybridized carbons (Fsp3) is 0.538. The third-order valence-electron chi connectivity index (χ3n) is 3.09. The van der Waals surface area contributed by atoms with Crippen molar-refractivity contribution in [3.8, 4) is 11.5 Å². The van der Waals surface area contributed by atoms with Crippen molar-refractivity contribution >= 4 is 11.0 Å². The summed E-state index contributed by atoms with van der Waals surface area (Å²) in [6, 6.07) is 6.19. The molecular weight excluding hydrogens is 250 g/mol. The molecule has 1 aromatic rings. The highest BCUT2D eigenvalue weighted by Crippen LogP contribution is 2.43. The summed E-state index contributed by atoms with van der Waals surface area (Å²) in [7, 11) is -0.946. The van der Waals surface area contributed by atoms with Crippen molar-refractivity contribution in [2.24, 2.45) is 0 Å². The van der Waals surface area contributed by atoms with Gasteiger partial charge in [-0.3, -0.25) is 0 Å². The molecule has 0 saturated carbocycles. The van der Waals surface area contributed by atoms with Crippen LogP contribution in [0.3, 0.4) is 0 Å². The van der Waals surface area contributed by atoms with E-state index < -0.39 is 11.0 Å². The van der Waals surface area contributed by atoms with Gasteiger partial charge in [-0.25, -0.2) is 8.51 Å². The standard InChI is InChI=1S/C13H17NO3S/c1-13(2,3)18(15)14-7-10(14)9-4-5-11-12(6-9)17-8-16-11/h4-6,10H,7-8H2,1-3H3/t10-,14?,18-/m0/s1. The van der Waals surface area contributed by atoms with Crippen molar-refractivity contribution < 1.29 is 13.7 Å². The molecule has 2 heterocycles. The lowest BCUT2D eigenvalue weighted by atomic mass is 10.1. The second-order valence-corrected chi connectivity index (χ2v) is 7.78. The largest absolute Gasteiger partial charge is 0.454 e. The Hall–Kier alpha value is -1.07. The van der Waals surface area contributed by atoms with Crippen molar-refractivity contribution in [1.82, 2.24) is 4.31 Å². The number of fused-ring (bicyclic) bond motifs is 1. The Morgan fingerprint density at radius 3 is 2.72 bits per heavy atom. The zero-order valence-electron chi connectivity index (χ0n) is 10.8. The summed E-state index contributed by atoms with van der Waals surface area (Å²) in [5.41, 5.74) is 1.15. The van der Waals surface area contributed by atoms with Gasteiger partial charge in [-0.15, -0.1) is 0 Å². The number of rotatable bonds is 2. The van der Waals surface area contributed by atoms with Crippen molar-refractivity contribution in [1.29, 1.82) is 0 Å². The van der Waals surface area contributed by atoms with E-state index in [2.05, 4.69) is 0 Å². The molecule has 18 heavy (non-hydrogen) atoms. The van der Waals surface area contributed by atoms with Crippen LogP contribution >= 0.6 is 0 Å². The van der Waals surface area contributed by atoms with Gasteiger partial charge >= 0.3 is 0 Å². The smallest absolute Gasteiger partial charge is 0.231 e. The van der Waals surface area contributed by atoms with E-state index in [-0.39, 0.29) is 10.8 Å². The highest BCUT2D eigenvalue weighted by Gasteiger charge is 2.44. The lowest BCUT2D eigenvalue weighted by molar-refractivity contribution is 0.174. The van der Waals surface area contributed by atoms with Gasteiger partial charge in [0, 0.05) is 6.54 Å². The molecular formula is C13H17NO3S. The third kappa shape index (κ3) is 2.01. The first-order valence-electron chi connectivity index (χ1n) is 6.05. The number of hydrogen-bond acceptors (Lipinski definition) is 3. The Kier molecular flexibility index (Phi) is 2.64. The Balaban J connectivity index is 1.77. The molecule has 1 saturated heterocycles. The summed E-state index contributed by atoms with van der Waals surface area (Å²) in [4.78, 5) is 0. The van der Waals surface area contributed by atoms with Crippen LogP contribution in [0, 0.1) is 0 Å². The lowest BCUT2D eigenvalue weighted by Gasteiger charge is -2.18. The molecule has 0 aromatic heterocycles. The lowest BCUT2D eigenvalue weighted by Crippen LogP contribution is -2.27. The second kappa shape index (κ2) is 3.96. The maximum Gasteiger partial charge on any atom is 0.231 e. The Morgan fingerprint density at radius 2 is 2.00 bits per heavy atom. The molecule has 3 atom stereocenters. The van der Waals surface area contributed by atoms with E-state index in [0.717, 1.165) is 23.6 Å². The molecule has 98 valence electrons. The summed E-state index contributed by atoms with van der Waals surface area (Å²) < 4.78 is 24.7. The van der Waals surface area contributed by atoms with Crippen molar-refractivity contribution in [2.75, 3.05) is 13.3 Å². The number of hydrogen-bond donors (Lipinski definition) is 0. The maximum absolute atomic E-state index is 12.2. The summed E-state index contributed by atoms with van der Waals surface area (Å²) in [6.45, 7) is 7.14. The summed E-state index contributed by atoms with van der Waals surface area (Å²) in [5.74, 6) is 1.59. The van der Waals surface area contributed by atoms with E-state index in [1.165, 1.54) is 0 Å². The first kappa shape index (κ1) is 12.0. The average Bonchev–Trinajstić information content (AvgIpc) is 2.96. The molecule has 5 heteroatoms. The van der Waals surface area contributed by atoms with Gasteiger partial charge in [-0.05, 0) is 38.5 Å². The molecule has 0 spiro atoms. The quantitative estimate of drug-likeness (QED) is 0.771. The topological polar surface area (TPSA) is 38.5 Å². The molecule has 4 nitrogen and oxygen atoms in total. The molecule has 0 aliphatic carbocycles. The van der Waals surface area contributed by atoms with Crippen LogP contribution in [-0.4, -0.2) is 26.6 Å². The minimum Gasteiger partial charge on any atom is -0.454 e. The van der Waals surface area contributed by atoms with Gasteiger partial charge in [0.1, 0.15) is 11.0 Å². The van der Waals surface area contributed by atoms with Gasteiger partial charge < -0.3 is 9.47 Å². The predicted molar refractivity (Wildman–Crippen MR) is 69.9 cm³/mol. The minimum atomic E-state index is -0.946. The third-order valence-corrected chi connectivity index (χ3v) is 4.96. The van der Waals surface area contributed by atoms with E-state index >= 15 is 0 Å². The summed E-state index contributed by atoms with van der Waals surface area (Å²) in [6.07, 6.45) is 0. The average molecular weight is 267 g/mol. The second-order valence-electron chi connectivity index (χ2n) is 5.59. The molecule has 0 N–H and O–H groups in total. The van der Waals surface area contributed by atoms with E-state index in [4.69, 9.17) is 9.47 Å². The van der Waals surface area contributed by atoms with Crippen molar-refractivity contribution in [3.05, 3.63) is 23.8 Å². The van der Waals surface area contributed by atoms with Crippen molar-refractivity contribution in [3.63, 3.8) is 0 Å². The van der Waals surface area contributed by atoms with Crippen LogP contribution in [-0.2, 0) is 11.0 Å².